The Labute approximate surface area is 178 Å². The summed E-state index contributed by atoms with van der Waals surface area (Å²) in [6, 6.07) is 22.1. The molecule has 2 N–H and O–H groups in total. The summed E-state index contributed by atoms with van der Waals surface area (Å²) in [6.07, 6.45) is 1.44. The van der Waals surface area contributed by atoms with Crippen LogP contribution in [0.15, 0.2) is 85.2 Å². The SMILES string of the molecule is COc1cccc(NC(=O)c2ccc(Nc3cc(-c4ccc(F)cc4)ncn3)cc2)c1. The number of benzene rings is 3. The lowest BCUT2D eigenvalue weighted by atomic mass is 10.1. The number of nitrogens with zero attached hydrogens (tertiary/aromatic N) is 2. The Morgan fingerprint density at radius 2 is 1.68 bits per heavy atom. The molecule has 0 unspecified atom stereocenters. The molecule has 1 heterocycles. The van der Waals surface area contributed by atoms with Crippen LogP contribution >= 0.6 is 0 Å². The van der Waals surface area contributed by atoms with E-state index in [1.807, 2.05) is 12.1 Å². The predicted molar refractivity (Wildman–Crippen MR) is 118 cm³/mol. The highest BCUT2D eigenvalue weighted by molar-refractivity contribution is 6.04. The second-order valence-electron chi connectivity index (χ2n) is 6.68. The van der Waals surface area contributed by atoms with Crippen molar-refractivity contribution in [2.24, 2.45) is 0 Å². The van der Waals surface area contributed by atoms with Crippen molar-refractivity contribution in [3.63, 3.8) is 0 Å². The van der Waals surface area contributed by atoms with Crippen LogP contribution in [0.1, 0.15) is 10.4 Å². The Balaban J connectivity index is 1.44. The fourth-order valence-corrected chi connectivity index (χ4v) is 2.96. The number of anilines is 3. The highest BCUT2D eigenvalue weighted by Crippen LogP contribution is 2.22. The molecular formula is C24H19FN4O2. The first-order valence-corrected chi connectivity index (χ1v) is 9.51. The second kappa shape index (κ2) is 9.04. The van der Waals surface area contributed by atoms with E-state index in [0.717, 1.165) is 11.3 Å². The van der Waals surface area contributed by atoms with Gasteiger partial charge in [-0.15, -0.1) is 0 Å². The summed E-state index contributed by atoms with van der Waals surface area (Å²) in [7, 11) is 1.58. The Bertz CT molecular complexity index is 1190. The molecule has 3 aromatic carbocycles. The first-order chi connectivity index (χ1) is 15.1. The summed E-state index contributed by atoms with van der Waals surface area (Å²) in [6.45, 7) is 0. The van der Waals surface area contributed by atoms with Crippen molar-refractivity contribution in [2.75, 3.05) is 17.7 Å². The molecule has 154 valence electrons. The minimum Gasteiger partial charge on any atom is -0.497 e. The van der Waals surface area contributed by atoms with Gasteiger partial charge in [0.1, 0.15) is 23.7 Å². The fraction of sp³-hybridized carbons (Fsp3) is 0.0417. The van der Waals surface area contributed by atoms with E-state index in [1.165, 1.54) is 18.5 Å². The lowest BCUT2D eigenvalue weighted by Gasteiger charge is -2.09. The van der Waals surface area contributed by atoms with Crippen molar-refractivity contribution >= 4 is 23.1 Å². The van der Waals surface area contributed by atoms with Gasteiger partial charge in [0.25, 0.3) is 5.91 Å². The number of hydrogen-bond donors (Lipinski definition) is 2. The van der Waals surface area contributed by atoms with Crippen molar-refractivity contribution in [3.8, 4) is 17.0 Å². The van der Waals surface area contributed by atoms with Gasteiger partial charge in [-0.25, -0.2) is 14.4 Å². The molecular weight excluding hydrogens is 395 g/mol. The Morgan fingerprint density at radius 3 is 2.42 bits per heavy atom. The third-order valence-corrected chi connectivity index (χ3v) is 4.55. The second-order valence-corrected chi connectivity index (χ2v) is 6.68. The first kappa shape index (κ1) is 20.0. The average Bonchev–Trinajstić information content (AvgIpc) is 2.80. The number of hydrogen-bond acceptors (Lipinski definition) is 5. The molecule has 31 heavy (non-hydrogen) atoms. The van der Waals surface area contributed by atoms with Gasteiger partial charge in [0.15, 0.2) is 0 Å². The smallest absolute Gasteiger partial charge is 0.255 e. The number of nitrogens with one attached hydrogen (secondary N) is 2. The maximum absolute atomic E-state index is 13.1. The van der Waals surface area contributed by atoms with Crippen molar-refractivity contribution in [1.82, 2.24) is 9.97 Å². The molecule has 1 aromatic heterocycles. The number of halogens is 1. The van der Waals surface area contributed by atoms with Gasteiger partial charge < -0.3 is 15.4 Å². The van der Waals surface area contributed by atoms with Gasteiger partial charge in [0.05, 0.1) is 12.8 Å². The van der Waals surface area contributed by atoms with Crippen LogP contribution in [0.2, 0.25) is 0 Å². The number of methoxy groups -OCH3 is 1. The van der Waals surface area contributed by atoms with E-state index in [2.05, 4.69) is 20.6 Å². The third kappa shape index (κ3) is 5.02. The maximum atomic E-state index is 13.1. The van der Waals surface area contributed by atoms with Gasteiger partial charge in [-0.3, -0.25) is 4.79 Å². The quantitative estimate of drug-likeness (QED) is 0.449. The maximum Gasteiger partial charge on any atom is 0.255 e. The number of ether oxygens (including phenoxy) is 1. The van der Waals surface area contributed by atoms with Crippen LogP contribution in [0.5, 0.6) is 5.75 Å². The molecule has 0 radical (unpaired) electrons. The van der Waals surface area contributed by atoms with Crippen LogP contribution in [0, 0.1) is 5.82 Å². The van der Waals surface area contributed by atoms with Gasteiger partial charge in [-0.2, -0.15) is 0 Å². The summed E-state index contributed by atoms with van der Waals surface area (Å²) >= 11 is 0. The molecule has 0 saturated heterocycles. The summed E-state index contributed by atoms with van der Waals surface area (Å²) in [5.74, 6) is 0.734. The van der Waals surface area contributed by atoms with E-state index in [1.54, 1.807) is 61.7 Å². The molecule has 7 heteroatoms. The highest BCUT2D eigenvalue weighted by Gasteiger charge is 2.08. The highest BCUT2D eigenvalue weighted by atomic mass is 19.1. The molecule has 1 amide bonds. The van der Waals surface area contributed by atoms with Crippen molar-refractivity contribution < 1.29 is 13.9 Å². The Morgan fingerprint density at radius 1 is 0.903 bits per heavy atom. The number of carbonyl (C=O) groups excluding carboxylic acids is 1. The van der Waals surface area contributed by atoms with E-state index < -0.39 is 0 Å². The molecule has 0 saturated carbocycles. The molecule has 4 aromatic rings. The van der Waals surface area contributed by atoms with E-state index in [0.29, 0.717) is 28.5 Å². The van der Waals surface area contributed by atoms with Crippen molar-refractivity contribution in [1.29, 1.82) is 0 Å². The van der Waals surface area contributed by atoms with Crippen LogP contribution < -0.4 is 15.4 Å². The van der Waals surface area contributed by atoms with Gasteiger partial charge in [-0.05, 0) is 60.7 Å². The van der Waals surface area contributed by atoms with Gasteiger partial charge in [0, 0.05) is 34.6 Å². The number of amides is 1. The van der Waals surface area contributed by atoms with Crippen LogP contribution in [-0.4, -0.2) is 23.0 Å². The number of aromatic nitrogens is 2. The topological polar surface area (TPSA) is 76.1 Å². The monoisotopic (exact) mass is 414 g/mol. The zero-order valence-corrected chi connectivity index (χ0v) is 16.7. The van der Waals surface area contributed by atoms with Crippen LogP contribution in [0.25, 0.3) is 11.3 Å². The third-order valence-electron chi connectivity index (χ3n) is 4.55. The molecule has 0 spiro atoms. The molecule has 0 aliphatic heterocycles. The number of rotatable bonds is 6. The standard InChI is InChI=1S/C24H19FN4O2/c1-31-21-4-2-3-20(13-21)29-24(30)17-7-11-19(12-8-17)28-23-14-22(26-15-27-23)16-5-9-18(25)10-6-16/h2-15H,1H3,(H,29,30)(H,26,27,28). The number of carbonyl (C=O) groups is 1. The molecule has 0 aliphatic carbocycles. The van der Waals surface area contributed by atoms with Gasteiger partial charge >= 0.3 is 0 Å². The largest absolute Gasteiger partial charge is 0.497 e. The summed E-state index contributed by atoms with van der Waals surface area (Å²) in [5.41, 5.74) is 3.40. The van der Waals surface area contributed by atoms with Crippen LogP contribution in [0.4, 0.5) is 21.6 Å². The minimum atomic E-state index is -0.299. The lowest BCUT2D eigenvalue weighted by Crippen LogP contribution is -2.11. The van der Waals surface area contributed by atoms with E-state index in [9.17, 15) is 9.18 Å². The Kier molecular flexibility index (Phi) is 5.84. The molecule has 0 fully saturated rings. The van der Waals surface area contributed by atoms with Gasteiger partial charge in [-0.1, -0.05) is 6.07 Å². The van der Waals surface area contributed by atoms with E-state index in [-0.39, 0.29) is 11.7 Å². The lowest BCUT2D eigenvalue weighted by molar-refractivity contribution is 0.102. The average molecular weight is 414 g/mol. The van der Waals surface area contributed by atoms with Gasteiger partial charge in [0.2, 0.25) is 0 Å². The molecule has 0 atom stereocenters. The zero-order valence-electron chi connectivity index (χ0n) is 16.7. The van der Waals surface area contributed by atoms with Crippen molar-refractivity contribution in [2.45, 2.75) is 0 Å². The molecule has 4 rings (SSSR count). The molecule has 0 aliphatic rings. The normalized spacial score (nSPS) is 10.4. The minimum absolute atomic E-state index is 0.222. The zero-order chi connectivity index (χ0) is 21.6. The Hall–Kier alpha value is -4.26. The van der Waals surface area contributed by atoms with Crippen LogP contribution in [0.3, 0.4) is 0 Å². The summed E-state index contributed by atoms with van der Waals surface area (Å²) in [4.78, 5) is 20.9. The fourth-order valence-electron chi connectivity index (χ4n) is 2.96. The summed E-state index contributed by atoms with van der Waals surface area (Å²) < 4.78 is 18.3. The van der Waals surface area contributed by atoms with Crippen LogP contribution in [-0.2, 0) is 0 Å². The predicted octanol–water partition coefficient (Wildman–Crippen LogP) is 5.29. The molecule has 0 bridgehead atoms. The van der Waals surface area contributed by atoms with Crippen molar-refractivity contribution in [3.05, 3.63) is 96.6 Å². The molecule has 6 nitrogen and oxygen atoms in total. The summed E-state index contributed by atoms with van der Waals surface area (Å²) in [5, 5.41) is 6.03. The van der Waals surface area contributed by atoms with E-state index in [4.69, 9.17) is 4.74 Å². The first-order valence-electron chi connectivity index (χ1n) is 9.51. The van der Waals surface area contributed by atoms with E-state index >= 15 is 0 Å².